The second-order valence-electron chi connectivity index (χ2n) is 6.24. The highest BCUT2D eigenvalue weighted by molar-refractivity contribution is 6.02. The predicted molar refractivity (Wildman–Crippen MR) is 99.2 cm³/mol. The predicted octanol–water partition coefficient (Wildman–Crippen LogP) is 3.03. The minimum Gasteiger partial charge on any atom is -0.507 e. The van der Waals surface area contributed by atoms with Crippen LogP contribution in [0.2, 0.25) is 0 Å². The van der Waals surface area contributed by atoms with Crippen molar-refractivity contribution in [3.05, 3.63) is 70.9 Å². The van der Waals surface area contributed by atoms with Crippen molar-refractivity contribution in [1.29, 1.82) is 0 Å². The van der Waals surface area contributed by atoms with Crippen molar-refractivity contribution in [3.63, 3.8) is 0 Å². The Balaban J connectivity index is 1.59. The van der Waals surface area contributed by atoms with Crippen molar-refractivity contribution in [1.82, 2.24) is 15.6 Å². The van der Waals surface area contributed by atoms with Gasteiger partial charge in [0.05, 0.1) is 11.4 Å². The Labute approximate surface area is 150 Å². The molecule has 0 aliphatic heterocycles. The number of aromatic amines is 1. The second kappa shape index (κ2) is 6.48. The number of hydrogen-bond acceptors (Lipinski definition) is 4. The van der Waals surface area contributed by atoms with Gasteiger partial charge in [-0.3, -0.25) is 9.89 Å². The van der Waals surface area contributed by atoms with Crippen LogP contribution in [0.25, 0.3) is 11.3 Å². The van der Waals surface area contributed by atoms with E-state index in [1.54, 1.807) is 31.2 Å². The Bertz CT molecular complexity index is 1020. The maximum Gasteiger partial charge on any atom is 0.289 e. The molecule has 2 aromatic carbocycles. The third-order valence-corrected chi connectivity index (χ3v) is 4.63. The summed E-state index contributed by atoms with van der Waals surface area (Å²) in [5.74, 6) is -0.216. The fourth-order valence-corrected chi connectivity index (χ4v) is 3.28. The largest absolute Gasteiger partial charge is 0.507 e. The lowest BCUT2D eigenvalue weighted by Gasteiger charge is -2.15. The average molecular weight is 346 g/mol. The number of carbonyl (C=O) groups excluding carboxylic acids is 1. The first-order valence-corrected chi connectivity index (χ1v) is 8.43. The zero-order chi connectivity index (χ0) is 18.1. The zero-order valence-corrected chi connectivity index (χ0v) is 14.3. The molecule has 0 bridgehead atoms. The van der Waals surface area contributed by atoms with Crippen molar-refractivity contribution in [2.45, 2.75) is 19.8 Å². The van der Waals surface area contributed by atoms with Gasteiger partial charge in [0.25, 0.3) is 5.91 Å². The van der Waals surface area contributed by atoms with Crippen LogP contribution in [0.4, 0.5) is 0 Å². The fourth-order valence-electron chi connectivity index (χ4n) is 3.28. The van der Waals surface area contributed by atoms with Crippen molar-refractivity contribution < 1.29 is 9.90 Å². The number of nitrogens with zero attached hydrogens (tertiary/aromatic N) is 2. The first-order valence-electron chi connectivity index (χ1n) is 8.43. The summed E-state index contributed by atoms with van der Waals surface area (Å²) >= 11 is 0. The summed E-state index contributed by atoms with van der Waals surface area (Å²) in [5.41, 5.74) is 8.14. The molecule has 0 saturated heterocycles. The Hall–Kier alpha value is -3.41. The molecule has 1 amide bonds. The minimum absolute atomic E-state index is 0.124. The molecule has 6 heteroatoms. The van der Waals surface area contributed by atoms with E-state index in [-0.39, 0.29) is 11.7 Å². The number of carbonyl (C=O) groups is 1. The lowest BCUT2D eigenvalue weighted by molar-refractivity contribution is 0.0949. The van der Waals surface area contributed by atoms with Crippen LogP contribution >= 0.6 is 0 Å². The molecule has 4 rings (SSSR count). The summed E-state index contributed by atoms with van der Waals surface area (Å²) in [7, 11) is 0. The summed E-state index contributed by atoms with van der Waals surface area (Å²) in [5, 5.41) is 21.2. The summed E-state index contributed by atoms with van der Waals surface area (Å²) in [6.07, 6.45) is 1.64. The minimum atomic E-state index is -0.340. The number of nitrogens with one attached hydrogen (secondary N) is 2. The van der Waals surface area contributed by atoms with E-state index < -0.39 is 0 Å². The SMILES string of the molecule is C/C(=N/NC(=O)c1[nH]nc2c1CCc1ccccc1-2)c1ccccc1O. The number of phenols is 1. The van der Waals surface area contributed by atoms with E-state index in [4.69, 9.17) is 0 Å². The molecule has 0 unspecified atom stereocenters. The molecule has 130 valence electrons. The van der Waals surface area contributed by atoms with Crippen molar-refractivity contribution >= 4 is 11.6 Å². The van der Waals surface area contributed by atoms with Crippen LogP contribution in [0, 0.1) is 0 Å². The number of aryl methyl sites for hydroxylation is 1. The van der Waals surface area contributed by atoms with Crippen LogP contribution in [0.3, 0.4) is 0 Å². The molecule has 1 aromatic heterocycles. The van der Waals surface area contributed by atoms with Gasteiger partial charge in [-0.1, -0.05) is 36.4 Å². The zero-order valence-electron chi connectivity index (χ0n) is 14.3. The molecule has 3 aromatic rings. The molecule has 0 radical (unpaired) electrons. The van der Waals surface area contributed by atoms with Gasteiger partial charge in [0.2, 0.25) is 0 Å². The molecule has 0 atom stereocenters. The van der Waals surface area contributed by atoms with E-state index in [2.05, 4.69) is 26.8 Å². The lowest BCUT2D eigenvalue weighted by Crippen LogP contribution is -2.21. The Morgan fingerprint density at radius 3 is 2.77 bits per heavy atom. The third-order valence-electron chi connectivity index (χ3n) is 4.63. The summed E-state index contributed by atoms with van der Waals surface area (Å²) in [6, 6.07) is 15.0. The topological polar surface area (TPSA) is 90.4 Å². The van der Waals surface area contributed by atoms with Crippen molar-refractivity contribution in [2.75, 3.05) is 0 Å². The number of hydrogen-bond donors (Lipinski definition) is 3. The van der Waals surface area contributed by atoms with E-state index in [0.29, 0.717) is 17.0 Å². The van der Waals surface area contributed by atoms with Crippen LogP contribution in [0.15, 0.2) is 53.6 Å². The highest BCUT2D eigenvalue weighted by Gasteiger charge is 2.24. The number of aromatic nitrogens is 2. The number of para-hydroxylation sites is 1. The van der Waals surface area contributed by atoms with E-state index in [1.165, 1.54) is 5.56 Å². The lowest BCUT2D eigenvalue weighted by atomic mass is 9.89. The highest BCUT2D eigenvalue weighted by Crippen LogP contribution is 2.33. The average Bonchev–Trinajstić information content (AvgIpc) is 3.11. The van der Waals surface area contributed by atoms with Gasteiger partial charge in [0, 0.05) is 16.7 Å². The van der Waals surface area contributed by atoms with E-state index in [0.717, 1.165) is 29.7 Å². The Morgan fingerprint density at radius 1 is 1.15 bits per heavy atom. The molecule has 1 heterocycles. The van der Waals surface area contributed by atoms with Crippen molar-refractivity contribution in [3.8, 4) is 17.0 Å². The first kappa shape index (κ1) is 16.1. The van der Waals surface area contributed by atoms with Gasteiger partial charge in [-0.25, -0.2) is 5.43 Å². The smallest absolute Gasteiger partial charge is 0.289 e. The number of hydrazone groups is 1. The normalized spacial score (nSPS) is 13.0. The molecule has 0 spiro atoms. The van der Waals surface area contributed by atoms with Gasteiger partial charge in [-0.15, -0.1) is 0 Å². The van der Waals surface area contributed by atoms with Gasteiger partial charge in [-0.05, 0) is 37.5 Å². The Kier molecular flexibility index (Phi) is 4.01. The number of rotatable bonds is 3. The number of aromatic hydroxyl groups is 1. The van der Waals surface area contributed by atoms with Gasteiger partial charge >= 0.3 is 0 Å². The van der Waals surface area contributed by atoms with Gasteiger partial charge in [-0.2, -0.15) is 10.2 Å². The monoisotopic (exact) mass is 346 g/mol. The van der Waals surface area contributed by atoms with Crippen molar-refractivity contribution in [2.24, 2.45) is 5.10 Å². The number of phenolic OH excluding ortho intramolecular Hbond substituents is 1. The standard InChI is InChI=1S/C20H18N4O2/c1-12(14-7-4-5-9-17(14)25)21-24-20(26)19-16-11-10-13-6-2-3-8-15(13)18(16)22-23-19/h2-9,25H,10-11H2,1H3,(H,22,23)(H,24,26)/b21-12-. The number of H-pyrrole nitrogens is 1. The fraction of sp³-hybridized carbons (Fsp3) is 0.150. The molecule has 26 heavy (non-hydrogen) atoms. The maximum atomic E-state index is 12.6. The van der Waals surface area contributed by atoms with E-state index in [1.807, 2.05) is 18.2 Å². The van der Waals surface area contributed by atoms with Crippen LogP contribution in [-0.4, -0.2) is 26.9 Å². The van der Waals surface area contributed by atoms with E-state index in [9.17, 15) is 9.90 Å². The molecular weight excluding hydrogens is 328 g/mol. The number of fused-ring (bicyclic) bond motifs is 3. The van der Waals surface area contributed by atoms with Gasteiger partial charge < -0.3 is 5.11 Å². The Morgan fingerprint density at radius 2 is 1.92 bits per heavy atom. The van der Waals surface area contributed by atoms with Crippen LogP contribution in [0.5, 0.6) is 5.75 Å². The number of benzene rings is 2. The highest BCUT2D eigenvalue weighted by atomic mass is 16.3. The molecule has 1 aliphatic rings. The summed E-state index contributed by atoms with van der Waals surface area (Å²) in [4.78, 5) is 12.6. The third kappa shape index (κ3) is 2.75. The van der Waals surface area contributed by atoms with E-state index >= 15 is 0 Å². The second-order valence-corrected chi connectivity index (χ2v) is 6.24. The molecule has 0 saturated carbocycles. The summed E-state index contributed by atoms with van der Waals surface area (Å²) in [6.45, 7) is 1.73. The van der Waals surface area contributed by atoms with Gasteiger partial charge in [0.1, 0.15) is 11.4 Å². The molecule has 1 aliphatic carbocycles. The molecule has 6 nitrogen and oxygen atoms in total. The number of amides is 1. The molecule has 0 fully saturated rings. The van der Waals surface area contributed by atoms with Crippen LogP contribution in [0.1, 0.15) is 34.1 Å². The molecule has 3 N–H and O–H groups in total. The van der Waals surface area contributed by atoms with Crippen LogP contribution < -0.4 is 5.43 Å². The summed E-state index contributed by atoms with van der Waals surface area (Å²) < 4.78 is 0. The first-order chi connectivity index (χ1) is 12.6. The quantitative estimate of drug-likeness (QED) is 0.503. The maximum absolute atomic E-state index is 12.6. The van der Waals surface area contributed by atoms with Gasteiger partial charge in [0.15, 0.2) is 0 Å². The molecular formula is C20H18N4O2. The van der Waals surface area contributed by atoms with Crippen LogP contribution in [-0.2, 0) is 12.8 Å².